The van der Waals surface area contributed by atoms with Gasteiger partial charge in [0, 0.05) is 5.56 Å². The average molecular weight is 306 g/mol. The highest BCUT2D eigenvalue weighted by molar-refractivity contribution is 5.99. The van der Waals surface area contributed by atoms with E-state index in [0.717, 1.165) is 0 Å². The number of hydrogen-bond donors (Lipinski definition) is 0. The number of ether oxygens (including phenoxy) is 2. The predicted molar refractivity (Wildman–Crippen MR) is 74.1 cm³/mol. The molecule has 0 unspecified atom stereocenters. The molecule has 0 saturated heterocycles. The minimum absolute atomic E-state index is 0.163. The van der Waals surface area contributed by atoms with Gasteiger partial charge >= 0.3 is 12.6 Å². The fraction of sp³-hybridized carbons (Fsp3) is 0.125. The van der Waals surface area contributed by atoms with Crippen LogP contribution < -0.4 is 4.74 Å². The van der Waals surface area contributed by atoms with E-state index in [1.165, 1.54) is 24.3 Å². The molecule has 4 nitrogen and oxygen atoms in total. The molecular weight excluding hydrogens is 294 g/mol. The first-order valence-electron chi connectivity index (χ1n) is 6.37. The summed E-state index contributed by atoms with van der Waals surface area (Å²) in [6.07, 6.45) is 0. The molecule has 6 heteroatoms. The Morgan fingerprint density at radius 3 is 2.27 bits per heavy atom. The molecule has 22 heavy (non-hydrogen) atoms. The summed E-state index contributed by atoms with van der Waals surface area (Å²) in [6, 6.07) is 13.7. The third-order valence-corrected chi connectivity index (χ3v) is 2.75. The molecule has 0 spiro atoms. The largest absolute Gasteiger partial charge is 0.454 e. The third kappa shape index (κ3) is 4.12. The van der Waals surface area contributed by atoms with Crippen LogP contribution in [0.1, 0.15) is 20.7 Å². The summed E-state index contributed by atoms with van der Waals surface area (Å²) in [4.78, 5) is 23.7. The highest BCUT2D eigenvalue weighted by Gasteiger charge is 2.17. The summed E-state index contributed by atoms with van der Waals surface area (Å²) < 4.78 is 33.6. The van der Waals surface area contributed by atoms with Crippen molar-refractivity contribution in [2.24, 2.45) is 0 Å². The summed E-state index contributed by atoms with van der Waals surface area (Å²) in [5.74, 6) is -1.59. The van der Waals surface area contributed by atoms with Crippen molar-refractivity contribution < 1.29 is 27.8 Å². The highest BCUT2D eigenvalue weighted by atomic mass is 19.3. The summed E-state index contributed by atoms with van der Waals surface area (Å²) in [7, 11) is 0. The second kappa shape index (κ2) is 7.31. The molecule has 0 amide bonds. The molecule has 0 aliphatic heterocycles. The molecule has 0 saturated carbocycles. The molecule has 0 atom stereocenters. The Labute approximate surface area is 125 Å². The van der Waals surface area contributed by atoms with E-state index in [1.54, 1.807) is 30.3 Å². The number of benzene rings is 2. The van der Waals surface area contributed by atoms with Crippen molar-refractivity contribution in [1.29, 1.82) is 0 Å². The Morgan fingerprint density at radius 2 is 1.59 bits per heavy atom. The molecule has 0 aromatic heterocycles. The molecular formula is C16H12F2O4. The lowest BCUT2D eigenvalue weighted by molar-refractivity contribution is -0.0504. The van der Waals surface area contributed by atoms with Crippen LogP contribution in [-0.4, -0.2) is 25.0 Å². The third-order valence-electron chi connectivity index (χ3n) is 2.75. The average Bonchev–Trinajstić information content (AvgIpc) is 2.53. The van der Waals surface area contributed by atoms with Gasteiger partial charge in [-0.1, -0.05) is 42.5 Å². The number of ketones is 1. The van der Waals surface area contributed by atoms with Gasteiger partial charge in [0.25, 0.3) is 0 Å². The van der Waals surface area contributed by atoms with Gasteiger partial charge in [-0.15, -0.1) is 0 Å². The van der Waals surface area contributed by atoms with Crippen molar-refractivity contribution in [3.05, 3.63) is 65.7 Å². The minimum Gasteiger partial charge on any atom is -0.454 e. The molecule has 0 radical (unpaired) electrons. The SMILES string of the molecule is O=C(COC(=O)c1ccccc1OC(F)F)c1ccccc1. The quantitative estimate of drug-likeness (QED) is 0.607. The van der Waals surface area contributed by atoms with Crippen molar-refractivity contribution in [1.82, 2.24) is 0 Å². The summed E-state index contributed by atoms with van der Waals surface area (Å²) in [5, 5.41) is 0. The highest BCUT2D eigenvalue weighted by Crippen LogP contribution is 2.21. The molecule has 0 fully saturated rings. The van der Waals surface area contributed by atoms with Crippen LogP contribution in [0.2, 0.25) is 0 Å². The fourth-order valence-corrected chi connectivity index (χ4v) is 1.75. The van der Waals surface area contributed by atoms with Gasteiger partial charge in [0.05, 0.1) is 0 Å². The molecule has 0 heterocycles. The second-order valence-electron chi connectivity index (χ2n) is 4.24. The maximum absolute atomic E-state index is 12.3. The van der Waals surface area contributed by atoms with Crippen LogP contribution in [0.3, 0.4) is 0 Å². The van der Waals surface area contributed by atoms with Crippen molar-refractivity contribution in [2.45, 2.75) is 6.61 Å². The van der Waals surface area contributed by atoms with E-state index in [9.17, 15) is 18.4 Å². The minimum atomic E-state index is -3.06. The smallest absolute Gasteiger partial charge is 0.387 e. The van der Waals surface area contributed by atoms with Crippen LogP contribution in [0.5, 0.6) is 5.75 Å². The van der Waals surface area contributed by atoms with Crippen LogP contribution in [0, 0.1) is 0 Å². The second-order valence-corrected chi connectivity index (χ2v) is 4.24. The topological polar surface area (TPSA) is 52.6 Å². The van der Waals surface area contributed by atoms with E-state index in [0.29, 0.717) is 5.56 Å². The molecule has 2 aromatic carbocycles. The number of para-hydroxylation sites is 1. The van der Waals surface area contributed by atoms with Crippen molar-refractivity contribution in [2.75, 3.05) is 6.61 Å². The Hall–Kier alpha value is -2.76. The van der Waals surface area contributed by atoms with Gasteiger partial charge in [-0.3, -0.25) is 4.79 Å². The van der Waals surface area contributed by atoms with Crippen LogP contribution in [0.25, 0.3) is 0 Å². The number of halogens is 2. The van der Waals surface area contributed by atoms with E-state index >= 15 is 0 Å². The number of carbonyl (C=O) groups is 2. The van der Waals surface area contributed by atoms with E-state index in [2.05, 4.69) is 4.74 Å². The standard InChI is InChI=1S/C16H12F2O4/c17-16(18)22-14-9-5-4-8-12(14)15(20)21-10-13(19)11-6-2-1-3-7-11/h1-9,16H,10H2. The molecule has 2 aromatic rings. The normalized spacial score (nSPS) is 10.3. The first-order valence-corrected chi connectivity index (χ1v) is 6.37. The van der Waals surface area contributed by atoms with Gasteiger partial charge in [-0.25, -0.2) is 4.79 Å². The van der Waals surface area contributed by atoms with Crippen LogP contribution in [0.15, 0.2) is 54.6 Å². The maximum Gasteiger partial charge on any atom is 0.387 e. The summed E-state index contributed by atoms with van der Waals surface area (Å²) >= 11 is 0. The van der Waals surface area contributed by atoms with Crippen LogP contribution >= 0.6 is 0 Å². The molecule has 114 valence electrons. The zero-order valence-corrected chi connectivity index (χ0v) is 11.4. The summed E-state index contributed by atoms with van der Waals surface area (Å²) in [5.41, 5.74) is 0.232. The lowest BCUT2D eigenvalue weighted by Gasteiger charge is -2.10. The lowest BCUT2D eigenvalue weighted by Crippen LogP contribution is -2.15. The zero-order chi connectivity index (χ0) is 15.9. The monoisotopic (exact) mass is 306 g/mol. The number of esters is 1. The van der Waals surface area contributed by atoms with Gasteiger partial charge < -0.3 is 9.47 Å². The number of Topliss-reactive ketones (excluding diaryl/α,β-unsaturated/α-hetero) is 1. The van der Waals surface area contributed by atoms with Gasteiger partial charge in [-0.2, -0.15) is 8.78 Å². The zero-order valence-electron chi connectivity index (χ0n) is 11.4. The van der Waals surface area contributed by atoms with Gasteiger partial charge in [-0.05, 0) is 12.1 Å². The fourth-order valence-electron chi connectivity index (χ4n) is 1.75. The van der Waals surface area contributed by atoms with Crippen LogP contribution in [0.4, 0.5) is 8.78 Å². The number of rotatable bonds is 6. The van der Waals surface area contributed by atoms with Gasteiger partial charge in [0.2, 0.25) is 0 Å². The van der Waals surface area contributed by atoms with E-state index in [4.69, 9.17) is 4.74 Å². The van der Waals surface area contributed by atoms with Crippen LogP contribution in [-0.2, 0) is 4.74 Å². The molecule has 0 aliphatic rings. The molecule has 0 aliphatic carbocycles. The first kappa shape index (κ1) is 15.6. The van der Waals surface area contributed by atoms with Gasteiger partial charge in [0.1, 0.15) is 11.3 Å². The number of hydrogen-bond acceptors (Lipinski definition) is 4. The Kier molecular flexibility index (Phi) is 5.19. The Bertz CT molecular complexity index is 656. The Balaban J connectivity index is 2.02. The van der Waals surface area contributed by atoms with E-state index in [-0.39, 0.29) is 17.1 Å². The van der Waals surface area contributed by atoms with Crippen molar-refractivity contribution >= 4 is 11.8 Å². The number of alkyl halides is 2. The Morgan fingerprint density at radius 1 is 0.955 bits per heavy atom. The van der Waals surface area contributed by atoms with Gasteiger partial charge in [0.15, 0.2) is 12.4 Å². The predicted octanol–water partition coefficient (Wildman–Crippen LogP) is 3.33. The summed E-state index contributed by atoms with van der Waals surface area (Å²) in [6.45, 7) is -3.54. The van der Waals surface area contributed by atoms with Crippen molar-refractivity contribution in [3.63, 3.8) is 0 Å². The lowest BCUT2D eigenvalue weighted by atomic mass is 10.1. The maximum atomic E-state index is 12.3. The van der Waals surface area contributed by atoms with E-state index in [1.807, 2.05) is 0 Å². The van der Waals surface area contributed by atoms with E-state index < -0.39 is 19.2 Å². The number of carbonyl (C=O) groups excluding carboxylic acids is 2. The molecule has 0 N–H and O–H groups in total. The van der Waals surface area contributed by atoms with Crippen molar-refractivity contribution in [3.8, 4) is 5.75 Å². The first-order chi connectivity index (χ1) is 10.6. The molecule has 0 bridgehead atoms. The molecule has 2 rings (SSSR count).